The number of aromatic hydroxyl groups is 1. The highest BCUT2D eigenvalue weighted by atomic mass is 16.4. The van der Waals surface area contributed by atoms with Crippen LogP contribution in [0.5, 0.6) is 5.75 Å². The predicted molar refractivity (Wildman–Crippen MR) is 370 cm³/mol. The van der Waals surface area contributed by atoms with E-state index in [-0.39, 0.29) is 50.3 Å². The molecule has 0 bridgehead atoms. The minimum Gasteiger partial charge on any atom is -0.508 e. The van der Waals surface area contributed by atoms with Gasteiger partial charge < -0.3 is 108 Å². The molecule has 0 heterocycles. The molecular weight excluding hydrogens is 1290 g/mol. The second kappa shape index (κ2) is 47.0. The van der Waals surface area contributed by atoms with Crippen molar-refractivity contribution >= 4 is 76.9 Å². The Morgan fingerprint density at radius 2 is 0.697 bits per heavy atom. The lowest BCUT2D eigenvalue weighted by molar-refractivity contribution is -0.139. The first-order chi connectivity index (χ1) is 46.5. The van der Waals surface area contributed by atoms with Gasteiger partial charge in [0.05, 0.1) is 12.1 Å². The lowest BCUT2D eigenvalue weighted by Crippen LogP contribution is -2.62. The normalized spacial score (nSPS) is 15.3. The molecule has 0 unspecified atom stereocenters. The summed E-state index contributed by atoms with van der Waals surface area (Å²) < 4.78 is 0. The van der Waals surface area contributed by atoms with Gasteiger partial charge in [0.25, 0.3) is 0 Å². The number of hydrogen-bond donors (Lipinski definition) is 20. The van der Waals surface area contributed by atoms with Crippen molar-refractivity contribution in [2.24, 2.45) is 52.3 Å². The SMILES string of the molecule is CC(C)C[C@H](NC(=O)[C@@H](NC(=O)[C@H](Cc1ccc(O)cc1)NC(=O)[C@@H](NC(=O)[C@H](C)NC(=O)[C@H](C)NC(=O)[C@@H](NC(=O)[C@@H](NC(=O)[C@H](CCCCN)NC(=O)[C@H](CCCCN)NC(=O)[C@H](CCCCN)NC(=O)[C@@H](N)CCCCN)C(C)C)C(C)C)[C@@H](C)O)C(C)C)C(=O)NCC(=O)O. The van der Waals surface area contributed by atoms with Crippen molar-refractivity contribution in [3.05, 3.63) is 29.8 Å². The molecule has 1 aromatic rings. The monoisotopic (exact) mass is 1400 g/mol. The average Bonchev–Trinajstić information content (AvgIpc) is 0.855. The van der Waals surface area contributed by atoms with Gasteiger partial charge in [0.15, 0.2) is 0 Å². The number of nitrogens with one attached hydrogen (secondary N) is 12. The predicted octanol–water partition coefficient (Wildman–Crippen LogP) is -3.25. The summed E-state index contributed by atoms with van der Waals surface area (Å²) in [4.78, 5) is 177. The molecule has 0 saturated heterocycles. The highest BCUT2D eigenvalue weighted by Gasteiger charge is 2.38. The zero-order valence-electron chi connectivity index (χ0n) is 59.6. The van der Waals surface area contributed by atoms with E-state index in [0.29, 0.717) is 83.0 Å². The highest BCUT2D eigenvalue weighted by Crippen LogP contribution is 2.16. The van der Waals surface area contributed by atoms with E-state index in [1.807, 2.05) is 0 Å². The molecule has 0 aliphatic heterocycles. The third-order valence-corrected chi connectivity index (χ3v) is 16.1. The smallest absolute Gasteiger partial charge is 0.322 e. The van der Waals surface area contributed by atoms with E-state index in [2.05, 4.69) is 63.8 Å². The number of aliphatic carboxylic acids is 1. The first-order valence-electron chi connectivity index (χ1n) is 34.4. The van der Waals surface area contributed by atoms with Crippen LogP contribution in [0.2, 0.25) is 0 Å². The van der Waals surface area contributed by atoms with Crippen LogP contribution < -0.4 is 92.5 Å². The molecule has 25 N–H and O–H groups in total. The van der Waals surface area contributed by atoms with Gasteiger partial charge in [0.1, 0.15) is 78.8 Å². The number of carboxylic acids is 1. The number of amides is 12. The molecule has 0 aliphatic carbocycles. The number of hydrogen-bond acceptors (Lipinski definition) is 20. The third kappa shape index (κ3) is 34.0. The van der Waals surface area contributed by atoms with Crippen molar-refractivity contribution in [3.63, 3.8) is 0 Å². The Hall–Kier alpha value is -8.11. The molecule has 0 spiro atoms. The van der Waals surface area contributed by atoms with E-state index < -0.39 is 180 Å². The van der Waals surface area contributed by atoms with Crippen LogP contribution in [0.3, 0.4) is 0 Å². The molecule has 0 aromatic heterocycles. The van der Waals surface area contributed by atoms with Crippen LogP contribution >= 0.6 is 0 Å². The summed E-state index contributed by atoms with van der Waals surface area (Å²) in [5.41, 5.74) is 29.5. The number of phenolic OH excluding ortho intramolecular Hbond substituents is 1. The molecule has 0 saturated carbocycles. The summed E-state index contributed by atoms with van der Waals surface area (Å²) in [6.45, 7) is 17.6. The molecule has 12 amide bonds. The Morgan fingerprint density at radius 1 is 0.374 bits per heavy atom. The Bertz CT molecular complexity index is 2760. The minimum atomic E-state index is -1.77. The zero-order chi connectivity index (χ0) is 75.2. The molecule has 0 fully saturated rings. The molecule has 33 nitrogen and oxygen atoms in total. The summed E-state index contributed by atoms with van der Waals surface area (Å²) in [7, 11) is 0. The van der Waals surface area contributed by atoms with Crippen LogP contribution in [0.1, 0.15) is 165 Å². The molecule has 99 heavy (non-hydrogen) atoms. The maximum atomic E-state index is 14.3. The highest BCUT2D eigenvalue weighted by molar-refractivity contribution is 6.00. The number of carboxylic acid groups (broad SMARTS) is 1. The number of phenols is 1. The van der Waals surface area contributed by atoms with E-state index in [1.54, 1.807) is 55.4 Å². The van der Waals surface area contributed by atoms with Gasteiger partial charge in [-0.25, -0.2) is 0 Å². The number of nitrogens with two attached hydrogens (primary N) is 5. The second-order valence-corrected chi connectivity index (χ2v) is 26.5. The van der Waals surface area contributed by atoms with E-state index in [1.165, 1.54) is 45.0 Å². The topological polar surface area (TPSA) is 557 Å². The lowest BCUT2D eigenvalue weighted by atomic mass is 9.98. The summed E-state index contributed by atoms with van der Waals surface area (Å²) in [5, 5.41) is 60.9. The quantitative estimate of drug-likeness (QED) is 0.0285. The Balaban J connectivity index is 3.36. The minimum absolute atomic E-state index is 0.0674. The van der Waals surface area contributed by atoms with Gasteiger partial charge in [-0.15, -0.1) is 0 Å². The van der Waals surface area contributed by atoms with Gasteiger partial charge in [-0.1, -0.05) is 73.9 Å². The fraction of sp³-hybridized carbons (Fsp3) is 0.712. The number of carbonyl (C=O) groups excluding carboxylic acids is 12. The van der Waals surface area contributed by atoms with E-state index in [9.17, 15) is 72.5 Å². The van der Waals surface area contributed by atoms with Gasteiger partial charge in [-0.05, 0) is 165 Å². The van der Waals surface area contributed by atoms with Crippen LogP contribution in [-0.2, 0) is 68.7 Å². The Labute approximate surface area is 581 Å². The van der Waals surface area contributed by atoms with E-state index in [4.69, 9.17) is 33.8 Å². The maximum Gasteiger partial charge on any atom is 0.322 e. The van der Waals surface area contributed by atoms with E-state index in [0.717, 1.165) is 0 Å². The van der Waals surface area contributed by atoms with Crippen molar-refractivity contribution in [1.82, 2.24) is 63.8 Å². The van der Waals surface area contributed by atoms with Crippen molar-refractivity contribution < 1.29 is 77.6 Å². The van der Waals surface area contributed by atoms with Crippen LogP contribution in [0.25, 0.3) is 0 Å². The fourth-order valence-electron chi connectivity index (χ4n) is 10.1. The van der Waals surface area contributed by atoms with Crippen LogP contribution in [0, 0.1) is 23.7 Å². The molecule has 562 valence electrons. The molecule has 1 aromatic carbocycles. The number of benzene rings is 1. The number of aliphatic hydroxyl groups excluding tert-OH is 1. The van der Waals surface area contributed by atoms with Gasteiger partial charge in [-0.3, -0.25) is 62.3 Å². The number of carbonyl (C=O) groups is 13. The molecule has 13 atom stereocenters. The largest absolute Gasteiger partial charge is 0.508 e. The summed E-state index contributed by atoms with van der Waals surface area (Å²) in [6.07, 6.45) is 2.95. The molecule has 33 heteroatoms. The van der Waals surface area contributed by atoms with E-state index >= 15 is 0 Å². The lowest BCUT2D eigenvalue weighted by Gasteiger charge is -2.30. The van der Waals surface area contributed by atoms with Crippen LogP contribution in [-0.4, -0.2) is 204 Å². The summed E-state index contributed by atoms with van der Waals surface area (Å²) >= 11 is 0. The van der Waals surface area contributed by atoms with Crippen molar-refractivity contribution in [2.45, 2.75) is 245 Å². The van der Waals surface area contributed by atoms with Gasteiger partial charge in [0.2, 0.25) is 70.9 Å². The van der Waals surface area contributed by atoms with Gasteiger partial charge >= 0.3 is 5.97 Å². The number of aliphatic hydroxyl groups is 1. The maximum absolute atomic E-state index is 14.3. The number of rotatable bonds is 49. The van der Waals surface area contributed by atoms with Crippen molar-refractivity contribution in [3.8, 4) is 5.75 Å². The van der Waals surface area contributed by atoms with Crippen LogP contribution in [0.4, 0.5) is 0 Å². The zero-order valence-corrected chi connectivity index (χ0v) is 59.6. The van der Waals surface area contributed by atoms with Crippen molar-refractivity contribution in [2.75, 3.05) is 32.7 Å². The molecular formula is C66H117N17O16. The summed E-state index contributed by atoms with van der Waals surface area (Å²) in [5.74, 6) is -13.2. The Morgan fingerprint density at radius 3 is 1.10 bits per heavy atom. The molecule has 0 aliphatic rings. The number of unbranched alkanes of at least 4 members (excludes halogenated alkanes) is 4. The van der Waals surface area contributed by atoms with Gasteiger partial charge in [-0.2, -0.15) is 0 Å². The first kappa shape index (κ1) is 88.9. The van der Waals surface area contributed by atoms with Crippen molar-refractivity contribution in [1.29, 1.82) is 0 Å². The van der Waals surface area contributed by atoms with Gasteiger partial charge in [0, 0.05) is 6.42 Å². The van der Waals surface area contributed by atoms with Crippen LogP contribution in [0.15, 0.2) is 24.3 Å². The summed E-state index contributed by atoms with van der Waals surface area (Å²) in [6, 6.07) is -10.0. The average molecular weight is 1400 g/mol. The molecule has 0 radical (unpaired) electrons. The third-order valence-electron chi connectivity index (χ3n) is 16.1. The fourth-order valence-corrected chi connectivity index (χ4v) is 10.1. The Kier molecular flexibility index (Phi) is 42.2. The molecule has 1 rings (SSSR count). The standard InChI is InChI=1S/C66H117N17O16/c1-35(2)32-48(58(91)72-34-50(86)87)78-64(97)52(37(5)6)81-62(95)49(33-42-24-26-43(85)27-25-42)79-66(99)54(41(11)84)83-56(89)40(10)73-55(88)39(9)74-63(96)51(36(3)4)82-65(98)53(38(7)8)80-61(94)47(23-15-19-31-70)77-60(93)46(22-14-18-30-69)76-59(92)45(21-13-17-29-68)75-57(90)44(71)20-12-16-28-67/h24-27,35-41,44-49,51-54,84-85H,12-23,28-34,67-71H2,1-11H3,(H,72,91)(H,73,88)(H,74,96)(H,75,90)(H,76,92)(H,77,93)(H,78,97)(H,79,99)(H,80,94)(H,81,95)(H,82,98)(H,83,89)(H,86,87)/t39-,40-,41+,44-,45-,46-,47-,48-,49-,51-,52-,53-,54-/m0/s1. The second-order valence-electron chi connectivity index (χ2n) is 26.5. The first-order valence-corrected chi connectivity index (χ1v) is 34.4.